The van der Waals surface area contributed by atoms with Crippen molar-refractivity contribution >= 4 is 5.82 Å². The summed E-state index contributed by atoms with van der Waals surface area (Å²) >= 11 is 0. The Morgan fingerprint density at radius 3 is 2.87 bits per heavy atom. The number of pyridine rings is 1. The highest BCUT2D eigenvalue weighted by Crippen LogP contribution is 2.22. The van der Waals surface area contributed by atoms with Gasteiger partial charge in [-0.25, -0.2) is 4.98 Å². The van der Waals surface area contributed by atoms with Crippen LogP contribution in [0.3, 0.4) is 0 Å². The summed E-state index contributed by atoms with van der Waals surface area (Å²) in [7, 11) is 0. The van der Waals surface area contributed by atoms with Crippen LogP contribution in [0.25, 0.3) is 0 Å². The molecule has 1 atom stereocenters. The maximum Gasteiger partial charge on any atom is 0.131 e. The van der Waals surface area contributed by atoms with Gasteiger partial charge in [0, 0.05) is 25.3 Å². The van der Waals surface area contributed by atoms with Gasteiger partial charge in [0.05, 0.1) is 0 Å². The molecule has 15 heavy (non-hydrogen) atoms. The zero-order valence-electron chi connectivity index (χ0n) is 9.32. The van der Waals surface area contributed by atoms with Gasteiger partial charge in [-0.15, -0.1) is 0 Å². The van der Waals surface area contributed by atoms with Gasteiger partial charge in [-0.2, -0.15) is 0 Å². The van der Waals surface area contributed by atoms with Gasteiger partial charge in [0.15, 0.2) is 0 Å². The molecule has 82 valence electrons. The highest BCUT2D eigenvalue weighted by Gasteiger charge is 2.16. The van der Waals surface area contributed by atoms with E-state index in [1.807, 2.05) is 19.2 Å². The van der Waals surface area contributed by atoms with Crippen molar-refractivity contribution in [3.8, 4) is 0 Å². The number of rotatable bonds is 3. The first-order chi connectivity index (χ1) is 7.27. The van der Waals surface area contributed by atoms with Gasteiger partial charge in [-0.05, 0) is 37.8 Å². The Morgan fingerprint density at radius 1 is 1.47 bits per heavy atom. The normalized spacial score (nSPS) is 18.1. The summed E-state index contributed by atoms with van der Waals surface area (Å²) in [6.07, 6.45) is 5.36. The van der Waals surface area contributed by atoms with Crippen molar-refractivity contribution in [1.82, 2.24) is 4.98 Å². The molecule has 0 radical (unpaired) electrons. The summed E-state index contributed by atoms with van der Waals surface area (Å²) in [4.78, 5) is 6.86. The third kappa shape index (κ3) is 2.48. The molecule has 0 unspecified atom stereocenters. The lowest BCUT2D eigenvalue weighted by molar-refractivity contribution is 0.731. The van der Waals surface area contributed by atoms with Crippen LogP contribution in [0.1, 0.15) is 25.3 Å². The average Bonchev–Trinajstić information content (AvgIpc) is 2.70. The van der Waals surface area contributed by atoms with Crippen molar-refractivity contribution in [2.75, 3.05) is 18.0 Å². The Kier molecular flexibility index (Phi) is 3.21. The Labute approximate surface area is 91.3 Å². The smallest absolute Gasteiger partial charge is 0.131 e. The van der Waals surface area contributed by atoms with Crippen molar-refractivity contribution < 1.29 is 0 Å². The Hall–Kier alpha value is -1.09. The first kappa shape index (κ1) is 10.4. The minimum absolute atomic E-state index is 0.204. The van der Waals surface area contributed by atoms with E-state index in [0.717, 1.165) is 25.3 Å². The van der Waals surface area contributed by atoms with Gasteiger partial charge in [0.25, 0.3) is 0 Å². The van der Waals surface area contributed by atoms with Crippen molar-refractivity contribution in [2.45, 2.75) is 32.2 Å². The Balaban J connectivity index is 2.20. The molecule has 1 aromatic heterocycles. The molecular formula is C12H19N3. The first-order valence-corrected chi connectivity index (χ1v) is 5.72. The molecule has 0 aliphatic carbocycles. The second-order valence-corrected chi connectivity index (χ2v) is 4.36. The number of hydrogen-bond donors (Lipinski definition) is 1. The molecule has 1 aromatic rings. The molecule has 3 nitrogen and oxygen atoms in total. The van der Waals surface area contributed by atoms with Crippen LogP contribution in [0, 0.1) is 0 Å². The lowest BCUT2D eigenvalue weighted by atomic mass is 10.1. The molecule has 0 amide bonds. The number of anilines is 1. The Morgan fingerprint density at radius 2 is 2.20 bits per heavy atom. The summed E-state index contributed by atoms with van der Waals surface area (Å²) < 4.78 is 0. The number of hydrogen-bond acceptors (Lipinski definition) is 3. The largest absolute Gasteiger partial charge is 0.356 e. The number of nitrogens with zero attached hydrogens (tertiary/aromatic N) is 2. The Bertz CT molecular complexity index is 316. The standard InChI is InChI=1S/C12H19N3/c1-10(13)9-11-5-4-6-14-12(11)15-7-2-3-8-15/h4-6,10H,2-3,7-9,13H2,1H3/t10-/m0/s1. The second kappa shape index (κ2) is 4.62. The van der Waals surface area contributed by atoms with E-state index in [1.165, 1.54) is 18.4 Å². The molecule has 3 heteroatoms. The van der Waals surface area contributed by atoms with E-state index in [1.54, 1.807) is 0 Å². The van der Waals surface area contributed by atoms with Gasteiger partial charge < -0.3 is 10.6 Å². The molecule has 1 saturated heterocycles. The van der Waals surface area contributed by atoms with Crippen molar-refractivity contribution in [1.29, 1.82) is 0 Å². The van der Waals surface area contributed by atoms with Crippen LogP contribution >= 0.6 is 0 Å². The van der Waals surface area contributed by atoms with E-state index in [4.69, 9.17) is 5.73 Å². The minimum Gasteiger partial charge on any atom is -0.356 e. The highest BCUT2D eigenvalue weighted by molar-refractivity contribution is 5.47. The van der Waals surface area contributed by atoms with Gasteiger partial charge in [-0.1, -0.05) is 6.07 Å². The molecule has 1 aliphatic rings. The molecule has 1 fully saturated rings. The van der Waals surface area contributed by atoms with Crippen LogP contribution in [0.15, 0.2) is 18.3 Å². The van der Waals surface area contributed by atoms with Crippen LogP contribution in [-0.4, -0.2) is 24.1 Å². The van der Waals surface area contributed by atoms with E-state index in [9.17, 15) is 0 Å². The van der Waals surface area contributed by atoms with E-state index >= 15 is 0 Å². The summed E-state index contributed by atoms with van der Waals surface area (Å²) in [5.41, 5.74) is 7.13. The zero-order chi connectivity index (χ0) is 10.7. The maximum atomic E-state index is 5.85. The molecule has 0 saturated carbocycles. The van der Waals surface area contributed by atoms with Crippen molar-refractivity contribution in [3.05, 3.63) is 23.9 Å². The summed E-state index contributed by atoms with van der Waals surface area (Å²) in [6, 6.07) is 4.34. The minimum atomic E-state index is 0.204. The van der Waals surface area contributed by atoms with E-state index in [-0.39, 0.29) is 6.04 Å². The predicted octanol–water partition coefficient (Wildman–Crippen LogP) is 1.57. The third-order valence-electron chi connectivity index (χ3n) is 2.81. The van der Waals surface area contributed by atoms with Gasteiger partial charge >= 0.3 is 0 Å². The molecule has 2 N–H and O–H groups in total. The summed E-state index contributed by atoms with van der Waals surface area (Å²) in [5, 5.41) is 0. The second-order valence-electron chi connectivity index (χ2n) is 4.36. The molecule has 0 spiro atoms. The molecule has 0 bridgehead atoms. The predicted molar refractivity (Wildman–Crippen MR) is 63.0 cm³/mol. The SMILES string of the molecule is C[C@H](N)Cc1cccnc1N1CCCC1. The van der Waals surface area contributed by atoms with E-state index in [2.05, 4.69) is 16.0 Å². The molecule has 2 heterocycles. The lowest BCUT2D eigenvalue weighted by Gasteiger charge is -2.20. The summed E-state index contributed by atoms with van der Waals surface area (Å²) in [6.45, 7) is 4.33. The van der Waals surface area contributed by atoms with Gasteiger partial charge in [0.1, 0.15) is 5.82 Å². The fraction of sp³-hybridized carbons (Fsp3) is 0.583. The fourth-order valence-corrected chi connectivity index (χ4v) is 2.15. The summed E-state index contributed by atoms with van der Waals surface area (Å²) in [5.74, 6) is 1.15. The van der Waals surface area contributed by atoms with Gasteiger partial charge in [0.2, 0.25) is 0 Å². The average molecular weight is 205 g/mol. The molecular weight excluding hydrogens is 186 g/mol. The third-order valence-corrected chi connectivity index (χ3v) is 2.81. The highest BCUT2D eigenvalue weighted by atomic mass is 15.2. The quantitative estimate of drug-likeness (QED) is 0.814. The van der Waals surface area contributed by atoms with Crippen LogP contribution in [0.2, 0.25) is 0 Å². The van der Waals surface area contributed by atoms with E-state index in [0.29, 0.717) is 0 Å². The lowest BCUT2D eigenvalue weighted by Crippen LogP contribution is -2.24. The van der Waals surface area contributed by atoms with Crippen LogP contribution in [0.4, 0.5) is 5.82 Å². The number of aromatic nitrogens is 1. The topological polar surface area (TPSA) is 42.1 Å². The monoisotopic (exact) mass is 205 g/mol. The van der Waals surface area contributed by atoms with Crippen LogP contribution in [0.5, 0.6) is 0 Å². The van der Waals surface area contributed by atoms with Crippen LogP contribution < -0.4 is 10.6 Å². The van der Waals surface area contributed by atoms with E-state index < -0.39 is 0 Å². The van der Waals surface area contributed by atoms with Crippen LogP contribution in [-0.2, 0) is 6.42 Å². The molecule has 0 aromatic carbocycles. The number of nitrogens with two attached hydrogens (primary N) is 1. The molecule has 1 aliphatic heterocycles. The maximum absolute atomic E-state index is 5.85. The van der Waals surface area contributed by atoms with Crippen molar-refractivity contribution in [3.63, 3.8) is 0 Å². The van der Waals surface area contributed by atoms with Gasteiger partial charge in [-0.3, -0.25) is 0 Å². The molecule has 2 rings (SSSR count). The zero-order valence-corrected chi connectivity index (χ0v) is 9.32. The first-order valence-electron chi connectivity index (χ1n) is 5.72. The van der Waals surface area contributed by atoms with Crippen molar-refractivity contribution in [2.24, 2.45) is 5.73 Å². The fourth-order valence-electron chi connectivity index (χ4n) is 2.15.